The number of nitrogens with one attached hydrogen (secondary N) is 1. The van der Waals surface area contributed by atoms with Gasteiger partial charge >= 0.3 is 0 Å². The molecule has 0 aliphatic rings. The highest BCUT2D eigenvalue weighted by atomic mass is 16.2. The Morgan fingerprint density at radius 1 is 1.08 bits per heavy atom. The molecule has 0 fully saturated rings. The summed E-state index contributed by atoms with van der Waals surface area (Å²) in [6.07, 6.45) is 1.13. The van der Waals surface area contributed by atoms with Gasteiger partial charge in [-0.3, -0.25) is 9.59 Å². The lowest BCUT2D eigenvalue weighted by molar-refractivity contribution is -0.692. The molecule has 0 spiro atoms. The number of amides is 2. The fraction of sp³-hybridized carbons (Fsp3) is 0.600. The largest absolute Gasteiger partial charge is 0.347 e. The Bertz CT molecular complexity index is 553. The lowest BCUT2D eigenvalue weighted by atomic mass is 9.92. The van der Waals surface area contributed by atoms with Crippen LogP contribution in [-0.2, 0) is 9.59 Å². The van der Waals surface area contributed by atoms with E-state index in [9.17, 15) is 9.59 Å². The van der Waals surface area contributed by atoms with E-state index in [-0.39, 0.29) is 24.4 Å². The summed E-state index contributed by atoms with van der Waals surface area (Å²) in [5.41, 5.74) is 2.59. The number of carbonyl (C=O) groups excluding carboxylic acids is 2. The molecular formula is C20H34N3O2+. The SMILES string of the molecule is CC[C@@H](C)c1ccc([C@@H]([NH2+]CC(=O)NCC(=O)N(C)C)C(C)C)cc1. The molecule has 2 amide bonds. The third kappa shape index (κ3) is 6.86. The maximum Gasteiger partial charge on any atom is 0.275 e. The fourth-order valence-electron chi connectivity index (χ4n) is 2.71. The smallest absolute Gasteiger partial charge is 0.275 e. The Hall–Kier alpha value is -1.88. The molecule has 1 rings (SSSR count). The van der Waals surface area contributed by atoms with Crippen LogP contribution in [0.5, 0.6) is 0 Å². The van der Waals surface area contributed by atoms with E-state index in [4.69, 9.17) is 0 Å². The fourth-order valence-corrected chi connectivity index (χ4v) is 2.71. The van der Waals surface area contributed by atoms with E-state index in [0.29, 0.717) is 18.4 Å². The van der Waals surface area contributed by atoms with E-state index in [0.717, 1.165) is 6.42 Å². The van der Waals surface area contributed by atoms with Crippen molar-refractivity contribution in [1.29, 1.82) is 0 Å². The van der Waals surface area contributed by atoms with Gasteiger partial charge in [-0.15, -0.1) is 0 Å². The topological polar surface area (TPSA) is 66.0 Å². The van der Waals surface area contributed by atoms with Gasteiger partial charge in [-0.2, -0.15) is 0 Å². The molecule has 3 N–H and O–H groups in total. The first kappa shape index (κ1) is 21.2. The molecule has 1 aromatic carbocycles. The Morgan fingerprint density at radius 3 is 2.12 bits per heavy atom. The van der Waals surface area contributed by atoms with Gasteiger partial charge in [0.1, 0.15) is 6.04 Å². The number of nitrogens with two attached hydrogens (primary N) is 1. The Labute approximate surface area is 152 Å². The highest BCUT2D eigenvalue weighted by molar-refractivity contribution is 5.84. The summed E-state index contributed by atoms with van der Waals surface area (Å²) in [5.74, 6) is 0.757. The number of likely N-dealkylation sites (N-methyl/N-ethyl adjacent to an activating group) is 1. The second-order valence-electron chi connectivity index (χ2n) is 7.25. The van der Waals surface area contributed by atoms with E-state index in [1.165, 1.54) is 16.0 Å². The van der Waals surface area contributed by atoms with Crippen molar-refractivity contribution in [3.8, 4) is 0 Å². The summed E-state index contributed by atoms with van der Waals surface area (Å²) in [7, 11) is 3.36. The van der Waals surface area contributed by atoms with Crippen LogP contribution in [0.3, 0.4) is 0 Å². The van der Waals surface area contributed by atoms with Crippen LogP contribution in [0.4, 0.5) is 0 Å². The average molecular weight is 349 g/mol. The zero-order chi connectivity index (χ0) is 19.0. The van der Waals surface area contributed by atoms with Gasteiger partial charge in [0.15, 0.2) is 6.54 Å². The number of hydrogen-bond acceptors (Lipinski definition) is 2. The van der Waals surface area contributed by atoms with Gasteiger partial charge in [0.2, 0.25) is 5.91 Å². The molecule has 0 unspecified atom stereocenters. The van der Waals surface area contributed by atoms with Crippen molar-refractivity contribution in [2.45, 2.75) is 46.1 Å². The molecule has 140 valence electrons. The van der Waals surface area contributed by atoms with Gasteiger partial charge in [0.05, 0.1) is 6.54 Å². The highest BCUT2D eigenvalue weighted by Gasteiger charge is 2.21. The van der Waals surface area contributed by atoms with Crippen LogP contribution in [0, 0.1) is 5.92 Å². The normalized spacial score (nSPS) is 13.4. The monoisotopic (exact) mass is 348 g/mol. The maximum absolute atomic E-state index is 12.0. The number of benzene rings is 1. The predicted octanol–water partition coefficient (Wildman–Crippen LogP) is 1.67. The minimum absolute atomic E-state index is 0.0512. The maximum atomic E-state index is 12.0. The molecular weight excluding hydrogens is 314 g/mol. The zero-order valence-electron chi connectivity index (χ0n) is 16.5. The molecule has 25 heavy (non-hydrogen) atoms. The van der Waals surface area contributed by atoms with Gasteiger partial charge in [0, 0.05) is 25.6 Å². The van der Waals surface area contributed by atoms with Crippen LogP contribution in [0.15, 0.2) is 24.3 Å². The minimum Gasteiger partial charge on any atom is -0.347 e. The highest BCUT2D eigenvalue weighted by Crippen LogP contribution is 2.22. The third-order valence-electron chi connectivity index (χ3n) is 4.71. The first-order chi connectivity index (χ1) is 11.8. The van der Waals surface area contributed by atoms with Crippen LogP contribution >= 0.6 is 0 Å². The lowest BCUT2D eigenvalue weighted by Gasteiger charge is -2.20. The van der Waals surface area contributed by atoms with Crippen LogP contribution < -0.4 is 10.6 Å². The summed E-state index contributed by atoms with van der Waals surface area (Å²) in [6, 6.07) is 8.97. The van der Waals surface area contributed by atoms with Crippen molar-refractivity contribution >= 4 is 11.8 Å². The van der Waals surface area contributed by atoms with Gasteiger partial charge < -0.3 is 15.5 Å². The third-order valence-corrected chi connectivity index (χ3v) is 4.71. The van der Waals surface area contributed by atoms with Gasteiger partial charge in [-0.05, 0) is 17.9 Å². The van der Waals surface area contributed by atoms with E-state index < -0.39 is 0 Å². The molecule has 5 heteroatoms. The molecule has 0 saturated carbocycles. The standard InChI is InChI=1S/C20H33N3O2/c1-7-15(4)16-8-10-17(11-9-16)20(14(2)3)22-12-18(24)21-13-19(25)23(5)6/h8-11,14-15,20,22H,7,12-13H2,1-6H3,(H,21,24)/p+1/t15-,20+/m1/s1. The molecule has 0 heterocycles. The van der Waals surface area contributed by atoms with Crippen LogP contribution in [0.1, 0.15) is 57.2 Å². The number of rotatable bonds is 9. The molecule has 5 nitrogen and oxygen atoms in total. The molecule has 0 radical (unpaired) electrons. The van der Waals surface area contributed by atoms with E-state index in [1.54, 1.807) is 14.1 Å². The van der Waals surface area contributed by atoms with Crippen molar-refractivity contribution < 1.29 is 14.9 Å². The van der Waals surface area contributed by atoms with E-state index in [1.807, 2.05) is 0 Å². The lowest BCUT2D eigenvalue weighted by Crippen LogP contribution is -2.88. The summed E-state index contributed by atoms with van der Waals surface area (Å²) in [5, 5.41) is 4.73. The molecule has 0 aliphatic carbocycles. The molecule has 0 bridgehead atoms. The van der Waals surface area contributed by atoms with Crippen molar-refractivity contribution in [3.05, 3.63) is 35.4 Å². The van der Waals surface area contributed by atoms with Crippen molar-refractivity contribution in [3.63, 3.8) is 0 Å². The van der Waals surface area contributed by atoms with Gasteiger partial charge in [-0.25, -0.2) is 0 Å². The van der Waals surface area contributed by atoms with Gasteiger partial charge in [-0.1, -0.05) is 52.0 Å². The number of nitrogens with zero attached hydrogens (tertiary/aromatic N) is 1. The Kier molecular flexibility index (Phi) is 8.62. The second kappa shape index (κ2) is 10.2. The van der Waals surface area contributed by atoms with E-state index in [2.05, 4.69) is 62.6 Å². The Morgan fingerprint density at radius 2 is 1.64 bits per heavy atom. The van der Waals surface area contributed by atoms with Crippen molar-refractivity contribution in [2.75, 3.05) is 27.2 Å². The average Bonchev–Trinajstić information content (AvgIpc) is 2.59. The quantitative estimate of drug-likeness (QED) is 0.713. The number of quaternary nitrogens is 1. The molecule has 2 atom stereocenters. The minimum atomic E-state index is -0.114. The zero-order valence-corrected chi connectivity index (χ0v) is 16.5. The van der Waals surface area contributed by atoms with Crippen molar-refractivity contribution in [2.24, 2.45) is 5.92 Å². The number of hydrogen-bond donors (Lipinski definition) is 2. The predicted molar refractivity (Wildman–Crippen MR) is 101 cm³/mol. The number of carbonyl (C=O) groups is 2. The summed E-state index contributed by atoms with van der Waals surface area (Å²) in [6.45, 7) is 9.13. The van der Waals surface area contributed by atoms with Gasteiger partial charge in [0.25, 0.3) is 5.91 Å². The van der Waals surface area contributed by atoms with Crippen LogP contribution in [-0.4, -0.2) is 43.9 Å². The first-order valence-electron chi connectivity index (χ1n) is 9.16. The van der Waals surface area contributed by atoms with Crippen molar-refractivity contribution in [1.82, 2.24) is 10.2 Å². The second-order valence-corrected chi connectivity index (χ2v) is 7.25. The molecule has 1 aromatic rings. The summed E-state index contributed by atoms with van der Waals surface area (Å²) >= 11 is 0. The van der Waals surface area contributed by atoms with Crippen LogP contribution in [0.2, 0.25) is 0 Å². The molecule has 0 saturated heterocycles. The Balaban J connectivity index is 2.62. The van der Waals surface area contributed by atoms with E-state index >= 15 is 0 Å². The summed E-state index contributed by atoms with van der Waals surface area (Å²) in [4.78, 5) is 25.0. The molecule has 0 aromatic heterocycles. The first-order valence-corrected chi connectivity index (χ1v) is 9.16. The summed E-state index contributed by atoms with van der Waals surface area (Å²) < 4.78 is 0. The molecule has 0 aliphatic heterocycles. The van der Waals surface area contributed by atoms with Crippen LogP contribution in [0.25, 0.3) is 0 Å².